The molecule has 2 nitrogen and oxygen atoms in total. The van der Waals surface area contributed by atoms with Crippen molar-refractivity contribution in [2.45, 2.75) is 38.2 Å². The van der Waals surface area contributed by atoms with Gasteiger partial charge in [-0.3, -0.25) is 0 Å². The lowest BCUT2D eigenvalue weighted by Crippen LogP contribution is -2.09. The van der Waals surface area contributed by atoms with Crippen LogP contribution in [0.25, 0.3) is 0 Å². The Balaban J connectivity index is 2.37. The van der Waals surface area contributed by atoms with Crippen LogP contribution in [-0.4, -0.2) is 22.9 Å². The van der Waals surface area contributed by atoms with Crippen LogP contribution in [0, 0.1) is 0 Å². The predicted molar refractivity (Wildman–Crippen MR) is 44.3 cm³/mol. The molecule has 1 fully saturated rings. The summed E-state index contributed by atoms with van der Waals surface area (Å²) < 4.78 is 0. The molecule has 0 aliphatic heterocycles. The molecule has 11 heavy (non-hydrogen) atoms. The highest BCUT2D eigenvalue weighted by atomic mass is 16.3. The lowest BCUT2D eigenvalue weighted by atomic mass is 9.94. The first-order valence-electron chi connectivity index (χ1n) is 4.31. The van der Waals surface area contributed by atoms with E-state index in [1.165, 1.54) is 24.8 Å². The predicted octanol–water partition coefficient (Wildman–Crippen LogP) is 1.23. The molecule has 0 spiro atoms. The quantitative estimate of drug-likeness (QED) is 0.590. The van der Waals surface area contributed by atoms with E-state index in [1.54, 1.807) is 6.08 Å². The Labute approximate surface area is 67.6 Å². The van der Waals surface area contributed by atoms with Gasteiger partial charge in [-0.15, -0.1) is 0 Å². The zero-order valence-corrected chi connectivity index (χ0v) is 6.79. The minimum Gasteiger partial charge on any atom is -0.393 e. The van der Waals surface area contributed by atoms with Gasteiger partial charge in [0, 0.05) is 0 Å². The summed E-state index contributed by atoms with van der Waals surface area (Å²) in [6.45, 7) is -0.149. The van der Waals surface area contributed by atoms with E-state index >= 15 is 0 Å². The van der Waals surface area contributed by atoms with E-state index in [0.717, 1.165) is 12.8 Å². The van der Waals surface area contributed by atoms with Crippen molar-refractivity contribution in [3.8, 4) is 0 Å². The van der Waals surface area contributed by atoms with Crippen molar-refractivity contribution >= 4 is 0 Å². The summed E-state index contributed by atoms with van der Waals surface area (Å²) in [5.74, 6) is 0. The topological polar surface area (TPSA) is 40.5 Å². The Hall–Kier alpha value is -0.340. The first-order valence-corrected chi connectivity index (χ1v) is 4.31. The van der Waals surface area contributed by atoms with E-state index in [-0.39, 0.29) is 6.61 Å². The van der Waals surface area contributed by atoms with Gasteiger partial charge >= 0.3 is 0 Å². The van der Waals surface area contributed by atoms with E-state index in [9.17, 15) is 0 Å². The average Bonchev–Trinajstić information content (AvgIpc) is 2.06. The monoisotopic (exact) mass is 156 g/mol. The summed E-state index contributed by atoms with van der Waals surface area (Å²) in [4.78, 5) is 0. The number of hydrogen-bond acceptors (Lipinski definition) is 2. The number of aliphatic hydroxyl groups excluding tert-OH is 2. The minimum atomic E-state index is -0.636. The zero-order valence-electron chi connectivity index (χ0n) is 6.79. The fraction of sp³-hybridized carbons (Fsp3) is 0.778. The van der Waals surface area contributed by atoms with Gasteiger partial charge in [-0.2, -0.15) is 0 Å². The molecule has 0 radical (unpaired) electrons. The van der Waals surface area contributed by atoms with E-state index < -0.39 is 6.10 Å². The van der Waals surface area contributed by atoms with Crippen LogP contribution in [0.3, 0.4) is 0 Å². The molecule has 1 rings (SSSR count). The first-order chi connectivity index (χ1) is 5.33. The summed E-state index contributed by atoms with van der Waals surface area (Å²) in [6, 6.07) is 0. The molecular formula is C9H16O2. The van der Waals surface area contributed by atoms with Gasteiger partial charge in [0.15, 0.2) is 0 Å². The zero-order chi connectivity index (χ0) is 8.10. The second kappa shape index (κ2) is 4.52. The maximum absolute atomic E-state index is 9.08. The number of hydrogen-bond donors (Lipinski definition) is 2. The van der Waals surface area contributed by atoms with Gasteiger partial charge in [0.2, 0.25) is 0 Å². The lowest BCUT2D eigenvalue weighted by molar-refractivity contribution is 0.130. The number of allylic oxidation sites excluding steroid dienone is 1. The standard InChI is InChI=1S/C9H16O2/c10-7-9(11)6-8-4-2-1-3-5-8/h6,9-11H,1-5,7H2. The van der Waals surface area contributed by atoms with Crippen LogP contribution in [0.15, 0.2) is 11.6 Å². The van der Waals surface area contributed by atoms with Gasteiger partial charge in [0.1, 0.15) is 0 Å². The smallest absolute Gasteiger partial charge is 0.0954 e. The average molecular weight is 156 g/mol. The maximum Gasteiger partial charge on any atom is 0.0954 e. The fourth-order valence-electron chi connectivity index (χ4n) is 1.50. The van der Waals surface area contributed by atoms with Gasteiger partial charge in [0.05, 0.1) is 12.7 Å². The molecule has 0 aromatic heterocycles. The highest BCUT2D eigenvalue weighted by Crippen LogP contribution is 2.22. The van der Waals surface area contributed by atoms with E-state index in [2.05, 4.69) is 0 Å². The third-order valence-electron chi connectivity index (χ3n) is 2.11. The van der Waals surface area contributed by atoms with E-state index in [1.807, 2.05) is 0 Å². The molecule has 0 saturated heterocycles. The maximum atomic E-state index is 9.08. The van der Waals surface area contributed by atoms with E-state index in [4.69, 9.17) is 10.2 Å². The summed E-state index contributed by atoms with van der Waals surface area (Å²) in [5.41, 5.74) is 1.32. The number of rotatable bonds is 2. The number of aliphatic hydroxyl groups is 2. The van der Waals surface area contributed by atoms with Crippen molar-refractivity contribution < 1.29 is 10.2 Å². The summed E-state index contributed by atoms with van der Waals surface area (Å²) >= 11 is 0. The third-order valence-corrected chi connectivity index (χ3v) is 2.11. The SMILES string of the molecule is OCC(O)C=C1CCCCC1. The van der Waals surface area contributed by atoms with Gasteiger partial charge in [0.25, 0.3) is 0 Å². The second-order valence-corrected chi connectivity index (χ2v) is 3.14. The van der Waals surface area contributed by atoms with Crippen LogP contribution in [0.4, 0.5) is 0 Å². The normalized spacial score (nSPS) is 21.5. The van der Waals surface area contributed by atoms with Crippen molar-refractivity contribution in [2.24, 2.45) is 0 Å². The second-order valence-electron chi connectivity index (χ2n) is 3.14. The fourth-order valence-corrected chi connectivity index (χ4v) is 1.50. The van der Waals surface area contributed by atoms with Crippen LogP contribution >= 0.6 is 0 Å². The molecule has 0 aromatic carbocycles. The van der Waals surface area contributed by atoms with E-state index in [0.29, 0.717) is 0 Å². The van der Waals surface area contributed by atoms with Crippen molar-refractivity contribution in [3.63, 3.8) is 0 Å². The molecule has 0 amide bonds. The van der Waals surface area contributed by atoms with Gasteiger partial charge in [-0.1, -0.05) is 18.1 Å². The highest BCUT2D eigenvalue weighted by molar-refractivity contribution is 5.06. The molecule has 0 bridgehead atoms. The van der Waals surface area contributed by atoms with Crippen LogP contribution < -0.4 is 0 Å². The molecule has 1 atom stereocenters. The van der Waals surface area contributed by atoms with Crippen molar-refractivity contribution in [1.82, 2.24) is 0 Å². The molecule has 1 aliphatic rings. The molecule has 2 heteroatoms. The Morgan fingerprint density at radius 2 is 1.91 bits per heavy atom. The molecular weight excluding hydrogens is 140 g/mol. The molecule has 1 unspecified atom stereocenters. The molecule has 64 valence electrons. The summed E-state index contributed by atoms with van der Waals surface area (Å²) in [7, 11) is 0. The van der Waals surface area contributed by atoms with Crippen LogP contribution in [0.2, 0.25) is 0 Å². The van der Waals surface area contributed by atoms with Crippen LogP contribution in [-0.2, 0) is 0 Å². The molecule has 0 aromatic rings. The van der Waals surface area contributed by atoms with Crippen molar-refractivity contribution in [3.05, 3.63) is 11.6 Å². The largest absolute Gasteiger partial charge is 0.393 e. The van der Waals surface area contributed by atoms with Gasteiger partial charge in [-0.05, 0) is 25.7 Å². The van der Waals surface area contributed by atoms with Crippen LogP contribution in [0.1, 0.15) is 32.1 Å². The highest BCUT2D eigenvalue weighted by Gasteiger charge is 2.06. The van der Waals surface area contributed by atoms with Gasteiger partial charge in [-0.25, -0.2) is 0 Å². The minimum absolute atomic E-state index is 0.149. The van der Waals surface area contributed by atoms with Crippen molar-refractivity contribution in [2.75, 3.05) is 6.61 Å². The molecule has 1 aliphatic carbocycles. The Kier molecular flexibility index (Phi) is 3.60. The summed E-state index contributed by atoms with van der Waals surface area (Å²) in [6.07, 6.45) is 7.18. The molecule has 0 heterocycles. The molecule has 1 saturated carbocycles. The first kappa shape index (κ1) is 8.75. The van der Waals surface area contributed by atoms with Crippen molar-refractivity contribution in [1.29, 1.82) is 0 Å². The Morgan fingerprint density at radius 3 is 2.45 bits per heavy atom. The third kappa shape index (κ3) is 3.04. The Bertz CT molecular complexity index is 132. The van der Waals surface area contributed by atoms with Gasteiger partial charge < -0.3 is 10.2 Å². The summed E-state index contributed by atoms with van der Waals surface area (Å²) in [5, 5.41) is 17.7. The van der Waals surface area contributed by atoms with Crippen LogP contribution in [0.5, 0.6) is 0 Å². The lowest BCUT2D eigenvalue weighted by Gasteiger charge is -2.14. The Morgan fingerprint density at radius 1 is 1.27 bits per heavy atom. The molecule has 2 N–H and O–H groups in total.